The van der Waals surface area contributed by atoms with Crippen LogP contribution >= 0.6 is 23.2 Å². The quantitative estimate of drug-likeness (QED) is 0.425. The van der Waals surface area contributed by atoms with Crippen LogP contribution in [0.2, 0.25) is 10.0 Å². The maximum Gasteiger partial charge on any atom is 0.244 e. The van der Waals surface area contributed by atoms with Crippen molar-refractivity contribution in [2.24, 2.45) is 0 Å². The molecule has 2 aromatic carbocycles. The number of carbonyl (C=O) groups is 2. The van der Waals surface area contributed by atoms with E-state index < -0.39 is 28.5 Å². The zero-order valence-electron chi connectivity index (χ0n) is 21.8. The number of hydrogen-bond acceptors (Lipinski definition) is 4. The second-order valence-electron chi connectivity index (χ2n) is 9.68. The number of benzene rings is 2. The maximum absolute atomic E-state index is 13.9. The molecule has 1 fully saturated rings. The molecular weight excluding hydrogens is 533 g/mol. The molecule has 0 aliphatic heterocycles. The molecule has 0 heterocycles. The predicted molar refractivity (Wildman–Crippen MR) is 150 cm³/mol. The van der Waals surface area contributed by atoms with Gasteiger partial charge < -0.3 is 10.2 Å². The van der Waals surface area contributed by atoms with Crippen molar-refractivity contribution in [3.8, 4) is 0 Å². The topological polar surface area (TPSA) is 86.8 Å². The van der Waals surface area contributed by atoms with E-state index in [1.165, 1.54) is 4.90 Å². The van der Waals surface area contributed by atoms with Crippen molar-refractivity contribution in [3.63, 3.8) is 0 Å². The fourth-order valence-corrected chi connectivity index (χ4v) is 6.33. The molecule has 1 atom stereocenters. The second-order valence-corrected chi connectivity index (χ2v) is 12.4. The average molecular weight is 569 g/mol. The lowest BCUT2D eigenvalue weighted by atomic mass is 10.1. The minimum Gasteiger partial charge on any atom is -0.352 e. The van der Waals surface area contributed by atoms with Crippen molar-refractivity contribution in [1.82, 2.24) is 10.2 Å². The first kappa shape index (κ1) is 29.3. The Bertz CT molecular complexity index is 1230. The van der Waals surface area contributed by atoms with Crippen LogP contribution in [-0.2, 0) is 26.2 Å². The normalized spacial score (nSPS) is 14.9. The summed E-state index contributed by atoms with van der Waals surface area (Å²) in [5.41, 5.74) is 2.55. The van der Waals surface area contributed by atoms with Crippen molar-refractivity contribution in [1.29, 1.82) is 0 Å². The standard InChI is InChI=1S/C27H35Cl2N3O4S/c1-5-24(27(34)30-22-11-6-7-12-22)31(16-20-13-14-21(28)15-23(20)29)25(33)17-32(37(4,35)36)26-18(2)9-8-10-19(26)3/h8-10,13-15,22,24H,5-7,11-12,16-17H2,1-4H3,(H,30,34)/t24-/m0/s1. The number of carbonyl (C=O) groups excluding carboxylic acids is 2. The minimum atomic E-state index is -3.81. The van der Waals surface area contributed by atoms with E-state index in [1.54, 1.807) is 44.2 Å². The van der Waals surface area contributed by atoms with Crippen LogP contribution in [-0.4, -0.2) is 50.0 Å². The van der Waals surface area contributed by atoms with Crippen molar-refractivity contribution in [2.45, 2.75) is 71.5 Å². The molecule has 202 valence electrons. The van der Waals surface area contributed by atoms with Crippen LogP contribution in [0.5, 0.6) is 0 Å². The van der Waals surface area contributed by atoms with Gasteiger partial charge in [0.25, 0.3) is 0 Å². The minimum absolute atomic E-state index is 0.0375. The molecule has 1 N–H and O–H groups in total. The summed E-state index contributed by atoms with van der Waals surface area (Å²) in [4.78, 5) is 28.7. The Morgan fingerprint density at radius 3 is 2.24 bits per heavy atom. The van der Waals surface area contributed by atoms with Gasteiger partial charge in [0, 0.05) is 22.6 Å². The van der Waals surface area contributed by atoms with Crippen molar-refractivity contribution >= 4 is 50.7 Å². The van der Waals surface area contributed by atoms with Gasteiger partial charge in [0.15, 0.2) is 0 Å². The van der Waals surface area contributed by atoms with Crippen molar-refractivity contribution < 1.29 is 18.0 Å². The van der Waals surface area contributed by atoms with E-state index in [1.807, 2.05) is 13.0 Å². The van der Waals surface area contributed by atoms with Crippen LogP contribution in [0, 0.1) is 13.8 Å². The van der Waals surface area contributed by atoms with Crippen molar-refractivity contribution in [3.05, 3.63) is 63.1 Å². The molecule has 37 heavy (non-hydrogen) atoms. The van der Waals surface area contributed by atoms with Gasteiger partial charge in [-0.25, -0.2) is 8.42 Å². The summed E-state index contributed by atoms with van der Waals surface area (Å²) < 4.78 is 26.9. The van der Waals surface area contributed by atoms with Gasteiger partial charge >= 0.3 is 0 Å². The maximum atomic E-state index is 13.9. The molecule has 2 aromatic rings. The molecule has 0 radical (unpaired) electrons. The largest absolute Gasteiger partial charge is 0.352 e. The molecule has 0 unspecified atom stereocenters. The Labute approximate surface area is 230 Å². The molecule has 0 saturated heterocycles. The molecule has 1 aliphatic rings. The fraction of sp³-hybridized carbons (Fsp3) is 0.481. The number of para-hydroxylation sites is 1. The number of amides is 2. The number of hydrogen-bond donors (Lipinski definition) is 1. The highest BCUT2D eigenvalue weighted by Gasteiger charge is 2.34. The van der Waals surface area contributed by atoms with Crippen LogP contribution in [0.15, 0.2) is 36.4 Å². The van der Waals surface area contributed by atoms with Gasteiger partial charge in [0.2, 0.25) is 21.8 Å². The smallest absolute Gasteiger partial charge is 0.244 e. The predicted octanol–water partition coefficient (Wildman–Crippen LogP) is 5.24. The highest BCUT2D eigenvalue weighted by Crippen LogP contribution is 2.28. The van der Waals surface area contributed by atoms with Gasteiger partial charge in [-0.15, -0.1) is 0 Å². The summed E-state index contributed by atoms with van der Waals surface area (Å²) in [6, 6.07) is 9.71. The Kier molecular flexibility index (Phi) is 9.89. The number of nitrogens with zero attached hydrogens (tertiary/aromatic N) is 2. The first-order valence-corrected chi connectivity index (χ1v) is 15.1. The lowest BCUT2D eigenvalue weighted by Gasteiger charge is -2.34. The van der Waals surface area contributed by atoms with E-state index in [9.17, 15) is 18.0 Å². The Hall–Kier alpha value is -2.29. The van der Waals surface area contributed by atoms with Crippen molar-refractivity contribution in [2.75, 3.05) is 17.1 Å². The van der Waals surface area contributed by atoms with Crippen LogP contribution < -0.4 is 9.62 Å². The third kappa shape index (κ3) is 7.39. The lowest BCUT2D eigenvalue weighted by Crippen LogP contribution is -2.53. The van der Waals surface area contributed by atoms with E-state index >= 15 is 0 Å². The number of nitrogens with one attached hydrogen (secondary N) is 1. The fourth-order valence-electron chi connectivity index (χ4n) is 4.90. The number of anilines is 1. The third-order valence-electron chi connectivity index (χ3n) is 6.81. The molecule has 0 spiro atoms. The highest BCUT2D eigenvalue weighted by molar-refractivity contribution is 7.92. The van der Waals surface area contributed by atoms with E-state index in [2.05, 4.69) is 5.32 Å². The zero-order valence-corrected chi connectivity index (χ0v) is 24.1. The van der Waals surface area contributed by atoms with Crippen LogP contribution in [0.3, 0.4) is 0 Å². The average Bonchev–Trinajstić information content (AvgIpc) is 3.31. The monoisotopic (exact) mass is 567 g/mol. The zero-order chi connectivity index (χ0) is 27.3. The summed E-state index contributed by atoms with van der Waals surface area (Å²) in [6.45, 7) is 5.04. The molecule has 1 aliphatic carbocycles. The Balaban J connectivity index is 1.99. The molecule has 0 aromatic heterocycles. The molecular formula is C27H35Cl2N3O4S. The number of sulfonamides is 1. The van der Waals surface area contributed by atoms with Crippen LogP contribution in [0.25, 0.3) is 0 Å². The second kappa shape index (κ2) is 12.5. The Morgan fingerprint density at radius 1 is 1.08 bits per heavy atom. The molecule has 2 amide bonds. The first-order chi connectivity index (χ1) is 17.4. The summed E-state index contributed by atoms with van der Waals surface area (Å²) in [6.07, 6.45) is 5.38. The van der Waals surface area contributed by atoms with E-state index in [-0.39, 0.29) is 18.5 Å². The van der Waals surface area contributed by atoms with E-state index in [4.69, 9.17) is 23.2 Å². The number of halogens is 2. The molecule has 3 rings (SSSR count). The van der Waals surface area contributed by atoms with Gasteiger partial charge in [0.05, 0.1) is 11.9 Å². The summed E-state index contributed by atoms with van der Waals surface area (Å²) in [5, 5.41) is 3.91. The molecule has 1 saturated carbocycles. The van der Waals surface area contributed by atoms with Crippen LogP contribution in [0.1, 0.15) is 55.7 Å². The third-order valence-corrected chi connectivity index (χ3v) is 8.51. The van der Waals surface area contributed by atoms with Gasteiger partial charge in [-0.2, -0.15) is 0 Å². The highest BCUT2D eigenvalue weighted by atomic mass is 35.5. The summed E-state index contributed by atoms with van der Waals surface area (Å²) in [7, 11) is -3.81. The van der Waals surface area contributed by atoms with Gasteiger partial charge in [-0.1, -0.05) is 67.2 Å². The Morgan fingerprint density at radius 2 is 1.70 bits per heavy atom. The van der Waals surface area contributed by atoms with E-state index in [0.29, 0.717) is 27.7 Å². The molecule has 7 nitrogen and oxygen atoms in total. The van der Waals surface area contributed by atoms with Crippen LogP contribution in [0.4, 0.5) is 5.69 Å². The number of aryl methyl sites for hydroxylation is 2. The summed E-state index contributed by atoms with van der Waals surface area (Å²) in [5.74, 6) is -0.738. The molecule has 0 bridgehead atoms. The first-order valence-electron chi connectivity index (χ1n) is 12.5. The van der Waals surface area contributed by atoms with Gasteiger partial charge in [0.1, 0.15) is 12.6 Å². The van der Waals surface area contributed by atoms with Gasteiger partial charge in [-0.3, -0.25) is 13.9 Å². The van der Waals surface area contributed by atoms with Gasteiger partial charge in [-0.05, 0) is 61.9 Å². The molecule has 10 heteroatoms. The lowest BCUT2D eigenvalue weighted by molar-refractivity contribution is -0.140. The summed E-state index contributed by atoms with van der Waals surface area (Å²) >= 11 is 12.5. The van der Waals surface area contributed by atoms with E-state index in [0.717, 1.165) is 47.4 Å². The number of rotatable bonds is 10. The SMILES string of the molecule is CC[C@@H](C(=O)NC1CCCC1)N(Cc1ccc(Cl)cc1Cl)C(=O)CN(c1c(C)cccc1C)S(C)(=O)=O.